The summed E-state index contributed by atoms with van der Waals surface area (Å²) in [5.74, 6) is 1.38. The van der Waals surface area contributed by atoms with Gasteiger partial charge in [0.1, 0.15) is 29.8 Å². The zero-order chi connectivity index (χ0) is 42.9. The number of carbonyl (C=O) groups is 4. The van der Waals surface area contributed by atoms with Gasteiger partial charge in [0, 0.05) is 18.7 Å². The van der Waals surface area contributed by atoms with Crippen molar-refractivity contribution in [3.63, 3.8) is 0 Å². The summed E-state index contributed by atoms with van der Waals surface area (Å²) in [7, 11) is 2.59. The van der Waals surface area contributed by atoms with Crippen molar-refractivity contribution in [1.82, 2.24) is 40.4 Å². The lowest BCUT2D eigenvalue weighted by atomic mass is 9.98. The van der Waals surface area contributed by atoms with Gasteiger partial charge in [0.25, 0.3) is 0 Å². The van der Waals surface area contributed by atoms with Crippen molar-refractivity contribution in [2.75, 3.05) is 27.3 Å². The van der Waals surface area contributed by atoms with Crippen LogP contribution in [0.1, 0.15) is 77.1 Å². The van der Waals surface area contributed by atoms with E-state index < -0.39 is 24.3 Å². The normalized spacial score (nSPS) is 18.7. The van der Waals surface area contributed by atoms with Gasteiger partial charge in [-0.2, -0.15) is 0 Å². The van der Waals surface area contributed by atoms with Crippen LogP contribution in [-0.4, -0.2) is 93.1 Å². The average molecular weight is 827 g/mol. The Labute approximate surface area is 355 Å². The Morgan fingerprint density at radius 2 is 1.20 bits per heavy atom. The first-order valence-corrected chi connectivity index (χ1v) is 21.2. The highest BCUT2D eigenvalue weighted by Gasteiger charge is 2.41. The van der Waals surface area contributed by atoms with Crippen LogP contribution >= 0.6 is 0 Å². The van der Waals surface area contributed by atoms with Crippen molar-refractivity contribution in [2.45, 2.75) is 77.5 Å². The third-order valence-corrected chi connectivity index (χ3v) is 12.2. The molecule has 2 aliphatic heterocycles. The number of fused-ring (bicyclic) bond motifs is 1. The lowest BCUT2D eigenvalue weighted by Gasteiger charge is -2.30. The van der Waals surface area contributed by atoms with Crippen molar-refractivity contribution >= 4 is 34.8 Å². The Kier molecular flexibility index (Phi) is 11.7. The Hall–Kier alpha value is -6.44. The van der Waals surface area contributed by atoms with Gasteiger partial charge in [-0.3, -0.25) is 9.59 Å². The first-order valence-electron chi connectivity index (χ1n) is 21.2. The van der Waals surface area contributed by atoms with Crippen molar-refractivity contribution in [3.05, 3.63) is 96.4 Å². The molecule has 1 saturated carbocycles. The number of methoxy groups -OCH3 is 2. The second-order valence-electron chi connectivity index (χ2n) is 17.0. The molecule has 4 atom stereocenters. The van der Waals surface area contributed by atoms with Crippen LogP contribution in [0.3, 0.4) is 0 Å². The molecule has 1 aliphatic carbocycles. The number of H-pyrrole nitrogens is 2. The molecule has 14 heteroatoms. The smallest absolute Gasteiger partial charge is 0.407 e. The van der Waals surface area contributed by atoms with Crippen molar-refractivity contribution in [1.29, 1.82) is 0 Å². The van der Waals surface area contributed by atoms with Gasteiger partial charge in [-0.15, -0.1) is 0 Å². The maximum Gasteiger partial charge on any atom is 0.407 e. The van der Waals surface area contributed by atoms with Crippen LogP contribution in [0, 0.1) is 17.8 Å². The second-order valence-corrected chi connectivity index (χ2v) is 17.0. The molecule has 1 saturated heterocycles. The molecule has 3 aromatic carbocycles. The average Bonchev–Trinajstić information content (AvgIpc) is 3.70. The highest BCUT2D eigenvalue weighted by atomic mass is 16.5. The number of likely N-dealkylation sites (tertiary alicyclic amines) is 1. The fourth-order valence-electron chi connectivity index (χ4n) is 8.59. The third-order valence-electron chi connectivity index (χ3n) is 12.2. The maximum absolute atomic E-state index is 13.9. The van der Waals surface area contributed by atoms with E-state index in [0.29, 0.717) is 24.8 Å². The summed E-state index contributed by atoms with van der Waals surface area (Å²) in [5.41, 5.74) is 7.10. The lowest BCUT2D eigenvalue weighted by Crippen LogP contribution is -2.51. The van der Waals surface area contributed by atoms with Crippen LogP contribution in [0.5, 0.6) is 0 Å². The summed E-state index contributed by atoms with van der Waals surface area (Å²) in [4.78, 5) is 71.7. The highest BCUT2D eigenvalue weighted by molar-refractivity contribution is 5.91. The number of aromatic amines is 2. The lowest BCUT2D eigenvalue weighted by molar-refractivity contribution is -0.136. The minimum Gasteiger partial charge on any atom is -0.453 e. The summed E-state index contributed by atoms with van der Waals surface area (Å²) in [6.07, 6.45) is 8.43. The standard InChI is InChI=1S/C47H54N8O6/c1-26(2)40(52-46(58)60-5)44(56)54-19-7-8-38(54)42-48-24-37(51-42)34-18-17-32-20-31(15-16-33(32)21-34)28-11-13-30(14-12-28)36-23-49-43(50-36)39-22-35(29-9-10-29)25-55(39)45(57)41(27(3)4)53-47(59)61-6/h11-18,20-24,26-27,29,38-41H,7-10,19,25H2,1-6H3,(H,48,51)(H,49,50)(H,52,58)(H,53,59). The van der Waals surface area contributed by atoms with E-state index in [-0.39, 0.29) is 35.7 Å². The van der Waals surface area contributed by atoms with Crippen LogP contribution < -0.4 is 10.6 Å². The van der Waals surface area contributed by atoms with E-state index in [9.17, 15) is 19.2 Å². The predicted octanol–water partition coefficient (Wildman–Crippen LogP) is 7.93. The van der Waals surface area contributed by atoms with Gasteiger partial charge < -0.3 is 39.9 Å². The van der Waals surface area contributed by atoms with Gasteiger partial charge in [0.15, 0.2) is 0 Å². The number of carbonyl (C=O) groups excluding carboxylic acids is 4. The van der Waals surface area contributed by atoms with Crippen molar-refractivity contribution in [3.8, 4) is 33.6 Å². The Morgan fingerprint density at radius 1 is 0.672 bits per heavy atom. The van der Waals surface area contributed by atoms with Crippen LogP contribution in [0.15, 0.2) is 84.7 Å². The van der Waals surface area contributed by atoms with Gasteiger partial charge in [-0.25, -0.2) is 19.6 Å². The van der Waals surface area contributed by atoms with Gasteiger partial charge in [0.2, 0.25) is 11.8 Å². The number of rotatable bonds is 12. The van der Waals surface area contributed by atoms with E-state index in [2.05, 4.69) is 87.3 Å². The fourth-order valence-corrected chi connectivity index (χ4v) is 8.59. The fraction of sp³-hybridized carbons (Fsp3) is 0.404. The zero-order valence-corrected chi connectivity index (χ0v) is 35.5. The molecule has 4 N–H and O–H groups in total. The van der Waals surface area contributed by atoms with Crippen LogP contribution in [0.25, 0.3) is 44.4 Å². The number of benzene rings is 3. The molecule has 14 nitrogen and oxygen atoms in total. The van der Waals surface area contributed by atoms with Gasteiger partial charge in [-0.05, 0) is 88.6 Å². The number of alkyl carbamates (subject to hydrolysis) is 2. The van der Waals surface area contributed by atoms with Gasteiger partial charge in [-0.1, -0.05) is 82.3 Å². The molecule has 0 spiro atoms. The Balaban J connectivity index is 0.957. The van der Waals surface area contributed by atoms with Crippen molar-refractivity contribution < 1.29 is 28.7 Å². The number of ether oxygens (including phenoxy) is 2. The molecule has 2 fully saturated rings. The summed E-state index contributed by atoms with van der Waals surface area (Å²) < 4.78 is 9.59. The van der Waals surface area contributed by atoms with E-state index in [0.717, 1.165) is 75.9 Å². The number of nitrogens with zero attached hydrogens (tertiary/aromatic N) is 4. The van der Waals surface area contributed by atoms with E-state index >= 15 is 0 Å². The van der Waals surface area contributed by atoms with Crippen LogP contribution in [0.4, 0.5) is 9.59 Å². The molecule has 0 radical (unpaired) electrons. The molecule has 318 valence electrons. The summed E-state index contributed by atoms with van der Waals surface area (Å²) in [6, 6.07) is 19.1. The number of hydrogen-bond donors (Lipinski definition) is 4. The minimum atomic E-state index is -0.720. The molecule has 5 aromatic rings. The summed E-state index contributed by atoms with van der Waals surface area (Å²) in [6.45, 7) is 8.75. The first-order chi connectivity index (χ1) is 29.4. The molecule has 4 unspecified atom stereocenters. The van der Waals surface area contributed by atoms with Gasteiger partial charge >= 0.3 is 12.2 Å². The maximum atomic E-state index is 13.9. The van der Waals surface area contributed by atoms with Gasteiger partial charge in [0.05, 0.1) is 44.0 Å². The van der Waals surface area contributed by atoms with E-state index in [1.54, 1.807) is 0 Å². The number of nitrogens with one attached hydrogen (secondary N) is 4. The monoisotopic (exact) mass is 826 g/mol. The molecular formula is C47H54N8O6. The minimum absolute atomic E-state index is 0.107. The van der Waals surface area contributed by atoms with E-state index in [4.69, 9.17) is 19.4 Å². The van der Waals surface area contributed by atoms with Crippen LogP contribution in [-0.2, 0) is 19.1 Å². The van der Waals surface area contributed by atoms with Crippen molar-refractivity contribution in [2.24, 2.45) is 17.8 Å². The number of amides is 4. The largest absolute Gasteiger partial charge is 0.453 e. The molecule has 3 aliphatic rings. The molecule has 61 heavy (non-hydrogen) atoms. The number of aromatic nitrogens is 4. The zero-order valence-electron chi connectivity index (χ0n) is 35.5. The molecule has 0 bridgehead atoms. The molecule has 4 heterocycles. The molecular weight excluding hydrogens is 773 g/mol. The molecule has 4 amide bonds. The van der Waals surface area contributed by atoms with E-state index in [1.165, 1.54) is 19.8 Å². The van der Waals surface area contributed by atoms with E-state index in [1.807, 2.05) is 49.9 Å². The van der Waals surface area contributed by atoms with Crippen LogP contribution in [0.2, 0.25) is 0 Å². The highest BCUT2D eigenvalue weighted by Crippen LogP contribution is 2.43. The quantitative estimate of drug-likeness (QED) is 0.0918. The Morgan fingerprint density at radius 3 is 1.80 bits per heavy atom. The molecule has 8 rings (SSSR count). The third kappa shape index (κ3) is 8.61. The Bertz CT molecular complexity index is 2470. The summed E-state index contributed by atoms with van der Waals surface area (Å²) >= 11 is 0. The topological polar surface area (TPSA) is 175 Å². The second kappa shape index (κ2) is 17.3. The predicted molar refractivity (Wildman–Crippen MR) is 232 cm³/mol. The summed E-state index contributed by atoms with van der Waals surface area (Å²) in [5, 5.41) is 7.63. The first kappa shape index (κ1) is 41.3. The molecule has 2 aromatic heterocycles. The number of hydrogen-bond acceptors (Lipinski definition) is 8. The number of imidazole rings is 2. The SMILES string of the molecule is COC(=O)NC(C(=O)N1CC(C2CC2)=CC1c1ncc(-c2ccc(-c3ccc4cc(-c5cnc(C6CCCN6C(=O)C(NC(=O)OC)C(C)C)[nH]5)ccc4c3)cc2)[nH]1)C(C)C.